The second kappa shape index (κ2) is 8.28. The molecule has 31 heavy (non-hydrogen) atoms. The summed E-state index contributed by atoms with van der Waals surface area (Å²) in [6.45, 7) is 3.93. The van der Waals surface area contributed by atoms with Gasteiger partial charge in [-0.15, -0.1) is 6.58 Å². The van der Waals surface area contributed by atoms with Gasteiger partial charge in [0.05, 0.1) is 14.2 Å². The van der Waals surface area contributed by atoms with Gasteiger partial charge >= 0.3 is 0 Å². The van der Waals surface area contributed by atoms with Crippen molar-refractivity contribution < 1.29 is 19.4 Å². The minimum absolute atomic E-state index is 0.368. The summed E-state index contributed by atoms with van der Waals surface area (Å²) in [4.78, 5) is 15.1. The number of anilines is 1. The van der Waals surface area contributed by atoms with Crippen LogP contribution in [0.1, 0.15) is 23.1 Å². The Labute approximate surface area is 182 Å². The molecule has 1 fully saturated rings. The van der Waals surface area contributed by atoms with Crippen molar-refractivity contribution in [2.75, 3.05) is 19.1 Å². The van der Waals surface area contributed by atoms with Gasteiger partial charge in [0.2, 0.25) is 0 Å². The lowest BCUT2D eigenvalue weighted by atomic mass is 9.67. The number of amides is 1. The molecule has 0 radical (unpaired) electrons. The van der Waals surface area contributed by atoms with Crippen LogP contribution >= 0.6 is 0 Å². The normalized spacial score (nSPS) is 21.2. The molecule has 1 aliphatic rings. The average molecular weight is 415 g/mol. The van der Waals surface area contributed by atoms with Gasteiger partial charge in [-0.05, 0) is 47.5 Å². The smallest absolute Gasteiger partial charge is 0.263 e. The van der Waals surface area contributed by atoms with Crippen LogP contribution in [0.5, 0.6) is 11.5 Å². The molecule has 0 saturated carbocycles. The first kappa shape index (κ1) is 20.7. The van der Waals surface area contributed by atoms with Crippen molar-refractivity contribution >= 4 is 11.6 Å². The maximum Gasteiger partial charge on any atom is 0.263 e. The summed E-state index contributed by atoms with van der Waals surface area (Å²) in [7, 11) is 3.20. The Hall–Kier alpha value is -3.57. The summed E-state index contributed by atoms with van der Waals surface area (Å²) in [5.74, 6) is 0.466. The molecule has 5 nitrogen and oxygen atoms in total. The van der Waals surface area contributed by atoms with E-state index in [1.165, 1.54) is 0 Å². The van der Waals surface area contributed by atoms with Crippen LogP contribution in [0, 0.1) is 0 Å². The maximum atomic E-state index is 13.5. The Morgan fingerprint density at radius 1 is 0.935 bits per heavy atom. The number of aliphatic hydroxyl groups is 1. The minimum Gasteiger partial charge on any atom is -0.497 e. The van der Waals surface area contributed by atoms with Crippen LogP contribution < -0.4 is 14.4 Å². The zero-order valence-corrected chi connectivity index (χ0v) is 17.6. The summed E-state index contributed by atoms with van der Waals surface area (Å²) in [6.07, 6.45) is 1.65. The molecule has 0 aliphatic carbocycles. The fraction of sp³-hybridized carbons (Fsp3) is 0.192. The van der Waals surface area contributed by atoms with Crippen molar-refractivity contribution in [1.82, 2.24) is 0 Å². The Kier molecular flexibility index (Phi) is 5.53. The highest BCUT2D eigenvalue weighted by Gasteiger charge is 2.64. The second-order valence-electron chi connectivity index (χ2n) is 7.50. The van der Waals surface area contributed by atoms with Crippen LogP contribution in [-0.4, -0.2) is 30.8 Å². The molecule has 1 aliphatic heterocycles. The molecule has 3 aromatic carbocycles. The molecule has 1 amide bonds. The molecule has 1 saturated heterocycles. The van der Waals surface area contributed by atoms with Crippen LogP contribution in [0.4, 0.5) is 5.69 Å². The van der Waals surface area contributed by atoms with Crippen molar-refractivity contribution in [3.63, 3.8) is 0 Å². The van der Waals surface area contributed by atoms with Crippen molar-refractivity contribution in [3.05, 3.63) is 103 Å². The largest absolute Gasteiger partial charge is 0.497 e. The Balaban J connectivity index is 1.81. The van der Waals surface area contributed by atoms with Crippen molar-refractivity contribution in [2.24, 2.45) is 0 Å². The number of hydrogen-bond acceptors (Lipinski definition) is 4. The van der Waals surface area contributed by atoms with E-state index in [2.05, 4.69) is 6.58 Å². The molecule has 0 unspecified atom stereocenters. The fourth-order valence-corrected chi connectivity index (χ4v) is 4.29. The van der Waals surface area contributed by atoms with E-state index in [1.807, 2.05) is 66.7 Å². The molecule has 0 aromatic heterocycles. The highest BCUT2D eigenvalue weighted by Crippen LogP contribution is 2.53. The Bertz CT molecular complexity index is 1060. The van der Waals surface area contributed by atoms with Crippen LogP contribution in [0.25, 0.3) is 0 Å². The Morgan fingerprint density at radius 2 is 1.48 bits per heavy atom. The van der Waals surface area contributed by atoms with E-state index in [1.54, 1.807) is 37.3 Å². The first-order chi connectivity index (χ1) is 15.0. The number of carbonyl (C=O) groups excluding carboxylic acids is 1. The molecular weight excluding hydrogens is 390 g/mol. The molecule has 3 aromatic rings. The molecule has 3 atom stereocenters. The van der Waals surface area contributed by atoms with Gasteiger partial charge in [-0.2, -0.15) is 0 Å². The standard InChI is InChI=1S/C26H25NO4/c1-4-23(18-8-6-5-7-9-18)26(29)24(19-10-14-21(30-2)15-11-19)27(25(26)28)20-12-16-22(31-3)17-13-20/h4-17,23-24,29H,1H2,2-3H3/t23-,24-,26+/m0/s1. The first-order valence-electron chi connectivity index (χ1n) is 10.1. The van der Waals surface area contributed by atoms with Gasteiger partial charge in [0, 0.05) is 11.6 Å². The third kappa shape index (κ3) is 3.37. The molecule has 1 N–H and O–H groups in total. The number of β-lactam (4-membered cyclic amide) rings is 1. The third-order valence-corrected chi connectivity index (χ3v) is 5.89. The lowest BCUT2D eigenvalue weighted by Crippen LogP contribution is -2.71. The summed E-state index contributed by atoms with van der Waals surface area (Å²) < 4.78 is 10.5. The van der Waals surface area contributed by atoms with E-state index in [9.17, 15) is 9.90 Å². The zero-order valence-electron chi connectivity index (χ0n) is 17.6. The van der Waals surface area contributed by atoms with Gasteiger partial charge < -0.3 is 14.6 Å². The predicted octanol–water partition coefficient (Wildman–Crippen LogP) is 4.49. The highest BCUT2D eigenvalue weighted by atomic mass is 16.5. The van der Waals surface area contributed by atoms with E-state index < -0.39 is 17.6 Å². The van der Waals surface area contributed by atoms with Crippen LogP contribution in [0.15, 0.2) is 91.5 Å². The fourth-order valence-electron chi connectivity index (χ4n) is 4.29. The molecule has 158 valence electrons. The number of ether oxygens (including phenoxy) is 2. The predicted molar refractivity (Wildman–Crippen MR) is 121 cm³/mol. The lowest BCUT2D eigenvalue weighted by molar-refractivity contribution is -0.156. The van der Waals surface area contributed by atoms with Crippen LogP contribution in [0.2, 0.25) is 0 Å². The minimum atomic E-state index is -1.67. The van der Waals surface area contributed by atoms with Crippen molar-refractivity contribution in [3.8, 4) is 11.5 Å². The maximum absolute atomic E-state index is 13.5. The number of benzene rings is 3. The summed E-state index contributed by atoms with van der Waals surface area (Å²) >= 11 is 0. The first-order valence-corrected chi connectivity index (χ1v) is 10.1. The monoisotopic (exact) mass is 415 g/mol. The number of hydrogen-bond donors (Lipinski definition) is 1. The lowest BCUT2D eigenvalue weighted by Gasteiger charge is -2.55. The summed E-state index contributed by atoms with van der Waals surface area (Å²) in [5, 5.41) is 11.8. The average Bonchev–Trinajstić information content (AvgIpc) is 2.83. The zero-order chi connectivity index (χ0) is 22.0. The van der Waals surface area contributed by atoms with E-state index in [4.69, 9.17) is 9.47 Å². The van der Waals surface area contributed by atoms with E-state index >= 15 is 0 Å². The Morgan fingerprint density at radius 3 is 2.00 bits per heavy atom. The molecule has 1 heterocycles. The second-order valence-corrected chi connectivity index (χ2v) is 7.50. The number of rotatable bonds is 7. The number of nitrogens with zero attached hydrogens (tertiary/aromatic N) is 1. The number of carbonyl (C=O) groups is 1. The van der Waals surface area contributed by atoms with Crippen LogP contribution in [-0.2, 0) is 4.79 Å². The highest BCUT2D eigenvalue weighted by molar-refractivity contribution is 6.09. The molecule has 0 bridgehead atoms. The molecule has 4 rings (SSSR count). The van der Waals surface area contributed by atoms with E-state index in [0.29, 0.717) is 17.2 Å². The van der Waals surface area contributed by atoms with Gasteiger partial charge in [-0.25, -0.2) is 0 Å². The molecule has 0 spiro atoms. The number of methoxy groups -OCH3 is 2. The van der Waals surface area contributed by atoms with Gasteiger partial charge in [0.15, 0.2) is 5.60 Å². The van der Waals surface area contributed by atoms with Crippen molar-refractivity contribution in [2.45, 2.75) is 17.6 Å². The van der Waals surface area contributed by atoms with Crippen molar-refractivity contribution in [1.29, 1.82) is 0 Å². The van der Waals surface area contributed by atoms with Gasteiger partial charge in [-0.1, -0.05) is 48.5 Å². The van der Waals surface area contributed by atoms with E-state index in [0.717, 1.165) is 11.1 Å². The molecular formula is C26H25NO4. The van der Waals surface area contributed by atoms with Crippen LogP contribution in [0.3, 0.4) is 0 Å². The molecule has 5 heteroatoms. The quantitative estimate of drug-likeness (QED) is 0.456. The summed E-state index contributed by atoms with van der Waals surface area (Å²) in [5.41, 5.74) is 0.660. The summed E-state index contributed by atoms with van der Waals surface area (Å²) in [6, 6.07) is 23.5. The van der Waals surface area contributed by atoms with Gasteiger partial charge in [0.1, 0.15) is 17.5 Å². The van der Waals surface area contributed by atoms with E-state index in [-0.39, 0.29) is 5.91 Å². The van der Waals surface area contributed by atoms with Gasteiger partial charge in [0.25, 0.3) is 5.91 Å². The van der Waals surface area contributed by atoms with Gasteiger partial charge in [-0.3, -0.25) is 9.69 Å². The third-order valence-electron chi connectivity index (χ3n) is 5.89. The SMILES string of the molecule is C=C[C@@H](c1ccccc1)[C@]1(O)C(=O)N(c2ccc(OC)cc2)[C@H]1c1ccc(OC)cc1. The topological polar surface area (TPSA) is 59.0 Å².